The number of carbonyl (C=O) groups excluding carboxylic acids is 1. The highest BCUT2D eigenvalue weighted by atomic mass is 16.2. The Balaban J connectivity index is 1.42. The van der Waals surface area contributed by atoms with Crippen LogP contribution in [0.5, 0.6) is 0 Å². The first-order valence-electron chi connectivity index (χ1n) is 8.33. The van der Waals surface area contributed by atoms with E-state index in [0.717, 1.165) is 29.7 Å². The van der Waals surface area contributed by atoms with Gasteiger partial charge < -0.3 is 4.90 Å². The summed E-state index contributed by atoms with van der Waals surface area (Å²) in [7, 11) is 1.93. The third-order valence-electron chi connectivity index (χ3n) is 6.09. The molecule has 0 radical (unpaired) electrons. The molecule has 0 saturated heterocycles. The van der Waals surface area contributed by atoms with Gasteiger partial charge in [0.1, 0.15) is 0 Å². The van der Waals surface area contributed by atoms with Gasteiger partial charge in [-0.1, -0.05) is 0 Å². The number of nitrogens with zero attached hydrogens (tertiary/aromatic N) is 2. The molecular formula is C17H25N3O. The molecule has 1 N–H and O–H groups in total. The molecule has 5 rings (SSSR count). The van der Waals surface area contributed by atoms with Crippen molar-refractivity contribution in [2.75, 3.05) is 7.05 Å². The van der Waals surface area contributed by atoms with E-state index >= 15 is 0 Å². The summed E-state index contributed by atoms with van der Waals surface area (Å²) in [5, 5.41) is 6.76. The largest absolute Gasteiger partial charge is 0.341 e. The molecule has 0 unspecified atom stereocenters. The lowest BCUT2D eigenvalue weighted by molar-refractivity contribution is -0.138. The molecule has 1 heterocycles. The Hall–Kier alpha value is -1.32. The molecule has 4 aliphatic carbocycles. The zero-order chi connectivity index (χ0) is 14.4. The number of hydrogen-bond acceptors (Lipinski definition) is 2. The second-order valence-electron chi connectivity index (χ2n) is 7.95. The van der Waals surface area contributed by atoms with Gasteiger partial charge in [-0.3, -0.25) is 9.89 Å². The van der Waals surface area contributed by atoms with Crippen LogP contribution < -0.4 is 0 Å². The van der Waals surface area contributed by atoms with Crippen LogP contribution in [0.3, 0.4) is 0 Å². The van der Waals surface area contributed by atoms with Crippen molar-refractivity contribution >= 4 is 5.91 Å². The van der Waals surface area contributed by atoms with Crippen LogP contribution in [0.25, 0.3) is 0 Å². The van der Waals surface area contributed by atoms with Crippen LogP contribution in [-0.2, 0) is 11.3 Å². The molecule has 4 heteroatoms. The van der Waals surface area contributed by atoms with Crippen LogP contribution in [0, 0.1) is 23.2 Å². The van der Waals surface area contributed by atoms with Crippen molar-refractivity contribution in [1.29, 1.82) is 0 Å². The number of hydrogen-bond donors (Lipinski definition) is 1. The fourth-order valence-corrected chi connectivity index (χ4v) is 5.69. The van der Waals surface area contributed by atoms with Crippen LogP contribution in [0.2, 0.25) is 0 Å². The van der Waals surface area contributed by atoms with Crippen molar-refractivity contribution in [3.63, 3.8) is 0 Å². The highest BCUT2D eigenvalue weighted by molar-refractivity contribution is 5.76. The summed E-state index contributed by atoms with van der Waals surface area (Å²) in [6.45, 7) is 0.668. The molecule has 1 aromatic rings. The van der Waals surface area contributed by atoms with Crippen LogP contribution in [0.15, 0.2) is 12.4 Å². The van der Waals surface area contributed by atoms with Crippen molar-refractivity contribution in [1.82, 2.24) is 15.1 Å². The number of amides is 1. The Labute approximate surface area is 126 Å². The molecule has 0 atom stereocenters. The topological polar surface area (TPSA) is 49.0 Å². The Kier molecular flexibility index (Phi) is 3.09. The van der Waals surface area contributed by atoms with E-state index in [2.05, 4.69) is 10.2 Å². The van der Waals surface area contributed by atoms with Crippen LogP contribution in [-0.4, -0.2) is 28.1 Å². The van der Waals surface area contributed by atoms with Gasteiger partial charge in [-0.2, -0.15) is 5.10 Å². The van der Waals surface area contributed by atoms with E-state index in [4.69, 9.17) is 0 Å². The molecular weight excluding hydrogens is 262 g/mol. The Bertz CT molecular complexity index is 487. The number of H-pyrrole nitrogens is 1. The first-order chi connectivity index (χ1) is 10.1. The molecule has 1 amide bonds. The average Bonchev–Trinajstić information content (AvgIpc) is 2.89. The minimum atomic E-state index is 0.318. The fourth-order valence-electron chi connectivity index (χ4n) is 5.69. The van der Waals surface area contributed by atoms with Crippen molar-refractivity contribution in [3.05, 3.63) is 18.0 Å². The Morgan fingerprint density at radius 2 is 1.90 bits per heavy atom. The van der Waals surface area contributed by atoms with Gasteiger partial charge >= 0.3 is 0 Å². The molecule has 4 nitrogen and oxygen atoms in total. The molecule has 114 valence electrons. The van der Waals surface area contributed by atoms with Gasteiger partial charge in [-0.25, -0.2) is 0 Å². The molecule has 0 aliphatic heterocycles. The summed E-state index contributed by atoms with van der Waals surface area (Å²) < 4.78 is 0. The quantitative estimate of drug-likeness (QED) is 0.925. The van der Waals surface area contributed by atoms with Crippen LogP contribution in [0.1, 0.15) is 50.5 Å². The van der Waals surface area contributed by atoms with E-state index < -0.39 is 0 Å². The van der Waals surface area contributed by atoms with E-state index in [-0.39, 0.29) is 0 Å². The van der Waals surface area contributed by atoms with Crippen LogP contribution in [0.4, 0.5) is 0 Å². The summed E-state index contributed by atoms with van der Waals surface area (Å²) in [4.78, 5) is 14.5. The molecule has 4 bridgehead atoms. The van der Waals surface area contributed by atoms with Gasteiger partial charge in [-0.05, 0) is 61.7 Å². The summed E-state index contributed by atoms with van der Waals surface area (Å²) in [6, 6.07) is 0. The third kappa shape index (κ3) is 2.49. The molecule has 1 aromatic heterocycles. The first-order valence-corrected chi connectivity index (χ1v) is 8.33. The number of aromatic nitrogens is 2. The second kappa shape index (κ2) is 4.85. The van der Waals surface area contributed by atoms with Gasteiger partial charge in [-0.15, -0.1) is 0 Å². The Morgan fingerprint density at radius 1 is 1.29 bits per heavy atom. The first kappa shape index (κ1) is 13.4. The van der Waals surface area contributed by atoms with E-state index in [0.29, 0.717) is 17.9 Å². The van der Waals surface area contributed by atoms with E-state index in [9.17, 15) is 4.79 Å². The molecule has 4 fully saturated rings. The van der Waals surface area contributed by atoms with Crippen molar-refractivity contribution < 1.29 is 4.79 Å². The van der Waals surface area contributed by atoms with Gasteiger partial charge in [0.05, 0.1) is 6.20 Å². The molecule has 0 spiro atoms. The third-order valence-corrected chi connectivity index (χ3v) is 6.09. The zero-order valence-electron chi connectivity index (χ0n) is 12.8. The predicted octanol–water partition coefficient (Wildman–Crippen LogP) is 2.97. The second-order valence-corrected chi connectivity index (χ2v) is 7.95. The van der Waals surface area contributed by atoms with Crippen LogP contribution >= 0.6 is 0 Å². The van der Waals surface area contributed by atoms with Gasteiger partial charge in [0.25, 0.3) is 0 Å². The maximum absolute atomic E-state index is 12.6. The van der Waals surface area contributed by atoms with Gasteiger partial charge in [0.2, 0.25) is 5.91 Å². The molecule has 0 aromatic carbocycles. The van der Waals surface area contributed by atoms with E-state index in [1.54, 1.807) is 6.20 Å². The summed E-state index contributed by atoms with van der Waals surface area (Å²) in [6.07, 6.45) is 12.7. The molecule has 4 aliphatic rings. The maximum Gasteiger partial charge on any atom is 0.223 e. The summed E-state index contributed by atoms with van der Waals surface area (Å²) in [5.41, 5.74) is 1.42. The Morgan fingerprint density at radius 3 is 2.43 bits per heavy atom. The zero-order valence-corrected chi connectivity index (χ0v) is 12.8. The standard InChI is InChI=1S/C17H25N3O/c1-20(11-15-9-18-19-10-15)16(21)8-17-5-12-2-13(6-17)4-14(3-12)7-17/h9-10,12-14H,2-8,11H2,1H3,(H,18,19). The van der Waals surface area contributed by atoms with Gasteiger partial charge in [0, 0.05) is 31.8 Å². The normalized spacial score (nSPS) is 36.9. The van der Waals surface area contributed by atoms with Crippen molar-refractivity contribution in [2.45, 2.75) is 51.5 Å². The highest BCUT2D eigenvalue weighted by Crippen LogP contribution is 2.61. The SMILES string of the molecule is CN(Cc1cn[nH]c1)C(=O)CC12CC3CC(CC(C3)C1)C2. The fraction of sp³-hybridized carbons (Fsp3) is 0.765. The maximum atomic E-state index is 12.6. The van der Waals surface area contributed by atoms with E-state index in [1.807, 2.05) is 18.1 Å². The summed E-state index contributed by atoms with van der Waals surface area (Å²) in [5.74, 6) is 3.08. The number of rotatable bonds is 4. The molecule has 21 heavy (non-hydrogen) atoms. The summed E-state index contributed by atoms with van der Waals surface area (Å²) >= 11 is 0. The van der Waals surface area contributed by atoms with Crippen molar-refractivity contribution in [3.8, 4) is 0 Å². The number of nitrogens with one attached hydrogen (secondary N) is 1. The lowest BCUT2D eigenvalue weighted by Gasteiger charge is -2.56. The monoisotopic (exact) mass is 287 g/mol. The average molecular weight is 287 g/mol. The highest BCUT2D eigenvalue weighted by Gasteiger charge is 2.51. The predicted molar refractivity (Wildman–Crippen MR) is 80.3 cm³/mol. The van der Waals surface area contributed by atoms with Gasteiger partial charge in [0.15, 0.2) is 0 Å². The lowest BCUT2D eigenvalue weighted by atomic mass is 9.49. The van der Waals surface area contributed by atoms with Crippen molar-refractivity contribution in [2.24, 2.45) is 23.2 Å². The molecule has 4 saturated carbocycles. The smallest absolute Gasteiger partial charge is 0.223 e. The number of aromatic amines is 1. The lowest BCUT2D eigenvalue weighted by Crippen LogP contribution is -2.48. The van der Waals surface area contributed by atoms with E-state index in [1.165, 1.54) is 38.5 Å². The minimum absolute atomic E-state index is 0.318. The minimum Gasteiger partial charge on any atom is -0.341 e. The number of carbonyl (C=O) groups is 1.